The van der Waals surface area contributed by atoms with Gasteiger partial charge in [-0.05, 0) is 60.6 Å². The molecule has 1 N–H and O–H groups in total. The van der Waals surface area contributed by atoms with Gasteiger partial charge in [0, 0.05) is 12.1 Å². The van der Waals surface area contributed by atoms with Crippen LogP contribution in [-0.2, 0) is 6.54 Å². The standard InChI is InChI=1S/C20H23NOS2/c1-14-4-5-18(15(2)12-14)13-21-19(22)16-6-8-17(9-7-16)20-23-10-3-11-24-20/h4-9,12,20H,3,10-11,13H2,1-2H3,(H,21,22). The zero-order valence-corrected chi connectivity index (χ0v) is 15.8. The van der Waals surface area contributed by atoms with E-state index in [1.807, 2.05) is 35.7 Å². The number of aryl methyl sites for hydroxylation is 2. The molecule has 2 aromatic rings. The van der Waals surface area contributed by atoms with Crippen LogP contribution in [0.5, 0.6) is 0 Å². The molecule has 1 aliphatic rings. The maximum atomic E-state index is 12.4. The lowest BCUT2D eigenvalue weighted by Gasteiger charge is -2.21. The van der Waals surface area contributed by atoms with Gasteiger partial charge in [0.2, 0.25) is 0 Å². The zero-order chi connectivity index (χ0) is 16.9. The maximum Gasteiger partial charge on any atom is 0.251 e. The van der Waals surface area contributed by atoms with Crippen molar-refractivity contribution in [3.8, 4) is 0 Å². The Labute approximate surface area is 152 Å². The molecule has 4 heteroatoms. The van der Waals surface area contributed by atoms with Gasteiger partial charge in [0.15, 0.2) is 0 Å². The van der Waals surface area contributed by atoms with Crippen LogP contribution in [0, 0.1) is 13.8 Å². The second-order valence-corrected chi connectivity index (χ2v) is 8.89. The van der Waals surface area contributed by atoms with Crippen molar-refractivity contribution in [2.45, 2.75) is 31.4 Å². The van der Waals surface area contributed by atoms with E-state index in [-0.39, 0.29) is 5.91 Å². The van der Waals surface area contributed by atoms with Gasteiger partial charge in [-0.1, -0.05) is 35.9 Å². The zero-order valence-electron chi connectivity index (χ0n) is 14.2. The minimum atomic E-state index is -0.00882. The summed E-state index contributed by atoms with van der Waals surface area (Å²) in [6.07, 6.45) is 1.30. The smallest absolute Gasteiger partial charge is 0.251 e. The molecule has 0 bridgehead atoms. The van der Waals surface area contributed by atoms with Crippen molar-refractivity contribution in [3.05, 3.63) is 70.3 Å². The average Bonchev–Trinajstić information content (AvgIpc) is 2.62. The van der Waals surface area contributed by atoms with Gasteiger partial charge in [-0.15, -0.1) is 23.5 Å². The van der Waals surface area contributed by atoms with E-state index in [0.717, 1.165) is 5.56 Å². The Morgan fingerprint density at radius 2 is 1.79 bits per heavy atom. The van der Waals surface area contributed by atoms with Crippen molar-refractivity contribution >= 4 is 29.4 Å². The fourth-order valence-corrected chi connectivity index (χ4v) is 5.69. The van der Waals surface area contributed by atoms with Crippen molar-refractivity contribution in [3.63, 3.8) is 0 Å². The first-order valence-corrected chi connectivity index (χ1v) is 10.4. The first-order valence-electron chi connectivity index (χ1n) is 8.31. The predicted molar refractivity (Wildman–Crippen MR) is 106 cm³/mol. The first kappa shape index (κ1) is 17.4. The first-order chi connectivity index (χ1) is 11.6. The van der Waals surface area contributed by atoms with Gasteiger partial charge in [0.1, 0.15) is 0 Å². The number of hydrogen-bond acceptors (Lipinski definition) is 3. The van der Waals surface area contributed by atoms with E-state index in [1.165, 1.54) is 40.2 Å². The van der Waals surface area contributed by atoms with Gasteiger partial charge in [-0.3, -0.25) is 4.79 Å². The number of hydrogen-bond donors (Lipinski definition) is 1. The molecule has 126 valence electrons. The van der Waals surface area contributed by atoms with Gasteiger partial charge in [-0.25, -0.2) is 0 Å². The van der Waals surface area contributed by atoms with E-state index in [4.69, 9.17) is 0 Å². The van der Waals surface area contributed by atoms with Crippen LogP contribution in [0.2, 0.25) is 0 Å². The van der Waals surface area contributed by atoms with E-state index in [9.17, 15) is 4.79 Å². The summed E-state index contributed by atoms with van der Waals surface area (Å²) in [4.78, 5) is 12.4. The molecular weight excluding hydrogens is 334 g/mol. The summed E-state index contributed by atoms with van der Waals surface area (Å²) in [5, 5.41) is 3.03. The lowest BCUT2D eigenvalue weighted by Crippen LogP contribution is -2.23. The molecule has 1 aliphatic heterocycles. The molecule has 24 heavy (non-hydrogen) atoms. The van der Waals surface area contributed by atoms with E-state index < -0.39 is 0 Å². The highest BCUT2D eigenvalue weighted by molar-refractivity contribution is 8.16. The Bertz CT molecular complexity index is 706. The number of thioether (sulfide) groups is 2. The third kappa shape index (κ3) is 4.37. The van der Waals surface area contributed by atoms with Crippen LogP contribution in [0.25, 0.3) is 0 Å². The molecule has 0 saturated carbocycles. The number of carbonyl (C=O) groups is 1. The van der Waals surface area contributed by atoms with E-state index in [0.29, 0.717) is 11.1 Å². The predicted octanol–water partition coefficient (Wildman–Crippen LogP) is 5.10. The molecule has 0 aliphatic carbocycles. The topological polar surface area (TPSA) is 29.1 Å². The molecule has 0 spiro atoms. The van der Waals surface area contributed by atoms with E-state index in [2.05, 4.69) is 49.5 Å². The summed E-state index contributed by atoms with van der Waals surface area (Å²) in [6, 6.07) is 14.4. The largest absolute Gasteiger partial charge is 0.348 e. The third-order valence-corrected chi connectivity index (χ3v) is 7.22. The number of amides is 1. The Hall–Kier alpha value is -1.39. The highest BCUT2D eigenvalue weighted by Gasteiger charge is 2.17. The normalized spacial score (nSPS) is 15.2. The van der Waals surface area contributed by atoms with Crippen LogP contribution in [-0.4, -0.2) is 17.4 Å². The molecule has 0 radical (unpaired) electrons. The molecule has 0 unspecified atom stereocenters. The van der Waals surface area contributed by atoms with E-state index >= 15 is 0 Å². The summed E-state index contributed by atoms with van der Waals surface area (Å²) >= 11 is 4.01. The molecule has 0 aromatic heterocycles. The summed E-state index contributed by atoms with van der Waals surface area (Å²) in [5.74, 6) is 2.46. The van der Waals surface area contributed by atoms with Crippen LogP contribution in [0.1, 0.15) is 43.6 Å². The fourth-order valence-electron chi connectivity index (χ4n) is 2.79. The van der Waals surface area contributed by atoms with Crippen LogP contribution in [0.3, 0.4) is 0 Å². The van der Waals surface area contributed by atoms with Crippen LogP contribution >= 0.6 is 23.5 Å². The lowest BCUT2D eigenvalue weighted by atomic mass is 10.1. The van der Waals surface area contributed by atoms with Crippen LogP contribution < -0.4 is 5.32 Å². The van der Waals surface area contributed by atoms with Crippen molar-refractivity contribution in [2.75, 3.05) is 11.5 Å². The summed E-state index contributed by atoms with van der Waals surface area (Å²) in [5.41, 5.74) is 5.68. The molecule has 2 aromatic carbocycles. The van der Waals surface area contributed by atoms with Crippen molar-refractivity contribution in [1.82, 2.24) is 5.32 Å². The van der Waals surface area contributed by atoms with Crippen molar-refractivity contribution in [1.29, 1.82) is 0 Å². The van der Waals surface area contributed by atoms with Gasteiger partial charge in [-0.2, -0.15) is 0 Å². The van der Waals surface area contributed by atoms with Crippen LogP contribution in [0.4, 0.5) is 0 Å². The maximum absolute atomic E-state index is 12.4. The number of carbonyl (C=O) groups excluding carboxylic acids is 1. The number of nitrogens with one attached hydrogen (secondary N) is 1. The quantitative estimate of drug-likeness (QED) is 0.825. The second kappa shape index (κ2) is 8.13. The lowest BCUT2D eigenvalue weighted by molar-refractivity contribution is 0.0951. The van der Waals surface area contributed by atoms with E-state index in [1.54, 1.807) is 0 Å². The number of rotatable bonds is 4. The Kier molecular flexibility index (Phi) is 5.90. The molecule has 1 fully saturated rings. The van der Waals surface area contributed by atoms with Gasteiger partial charge < -0.3 is 5.32 Å². The highest BCUT2D eigenvalue weighted by atomic mass is 32.2. The molecular formula is C20H23NOS2. The van der Waals surface area contributed by atoms with Gasteiger partial charge >= 0.3 is 0 Å². The molecule has 1 heterocycles. The molecule has 0 atom stereocenters. The SMILES string of the molecule is Cc1ccc(CNC(=O)c2ccc(C3SCCCS3)cc2)c(C)c1. The summed E-state index contributed by atoms with van der Waals surface area (Å²) in [6.45, 7) is 4.74. The molecule has 3 rings (SSSR count). The number of benzene rings is 2. The molecule has 2 nitrogen and oxygen atoms in total. The fraction of sp³-hybridized carbons (Fsp3) is 0.350. The molecule has 1 saturated heterocycles. The minimum absolute atomic E-state index is 0.00882. The highest BCUT2D eigenvalue weighted by Crippen LogP contribution is 2.43. The monoisotopic (exact) mass is 357 g/mol. The van der Waals surface area contributed by atoms with Crippen molar-refractivity contribution in [2.24, 2.45) is 0 Å². The third-order valence-electron chi connectivity index (χ3n) is 4.21. The second-order valence-electron chi connectivity index (χ2n) is 6.16. The minimum Gasteiger partial charge on any atom is -0.348 e. The Morgan fingerprint density at radius 3 is 2.46 bits per heavy atom. The van der Waals surface area contributed by atoms with Crippen molar-refractivity contribution < 1.29 is 4.79 Å². The Morgan fingerprint density at radius 1 is 1.08 bits per heavy atom. The summed E-state index contributed by atoms with van der Waals surface area (Å²) in [7, 11) is 0. The van der Waals surface area contributed by atoms with Crippen LogP contribution in [0.15, 0.2) is 42.5 Å². The molecule has 1 amide bonds. The summed E-state index contributed by atoms with van der Waals surface area (Å²) < 4.78 is 0.520. The van der Waals surface area contributed by atoms with Gasteiger partial charge in [0.25, 0.3) is 5.91 Å². The van der Waals surface area contributed by atoms with Gasteiger partial charge in [0.05, 0.1) is 4.58 Å². The Balaban J connectivity index is 1.60. The average molecular weight is 358 g/mol.